The van der Waals surface area contributed by atoms with E-state index in [9.17, 15) is 9.59 Å². The summed E-state index contributed by atoms with van der Waals surface area (Å²) in [5, 5.41) is 0. The Morgan fingerprint density at radius 1 is 0.690 bits per heavy atom. The van der Waals surface area contributed by atoms with Gasteiger partial charge in [-0.2, -0.15) is 0 Å². The second-order valence-electron chi connectivity index (χ2n) is 6.72. The van der Waals surface area contributed by atoms with E-state index < -0.39 is 18.7 Å². The van der Waals surface area contributed by atoms with Gasteiger partial charge in [0.25, 0.3) is 0 Å². The van der Waals surface area contributed by atoms with Crippen LogP contribution in [-0.2, 0) is 25.6 Å². The zero-order valence-electron chi connectivity index (χ0n) is 15.7. The summed E-state index contributed by atoms with van der Waals surface area (Å²) in [5.41, 5.74) is 5.39. The molecule has 0 unspecified atom stereocenters. The van der Waals surface area contributed by atoms with E-state index in [2.05, 4.69) is 12.1 Å². The minimum Gasteiger partial charge on any atom is -0.458 e. The van der Waals surface area contributed by atoms with Crippen LogP contribution >= 0.6 is 0 Å². The predicted octanol–water partition coefficient (Wildman–Crippen LogP) is 4.70. The highest BCUT2D eigenvalue weighted by molar-refractivity contribution is 5.79. The average Bonchev–Trinajstić information content (AvgIpc) is 3.09. The first kappa shape index (κ1) is 18.7. The Bertz CT molecular complexity index is 967. The van der Waals surface area contributed by atoms with Crippen LogP contribution in [0.4, 0.5) is 4.79 Å². The Balaban J connectivity index is 1.28. The van der Waals surface area contributed by atoms with Crippen molar-refractivity contribution in [1.82, 2.24) is 0 Å². The Hall–Kier alpha value is -3.60. The van der Waals surface area contributed by atoms with Crippen molar-refractivity contribution < 1.29 is 23.8 Å². The summed E-state index contributed by atoms with van der Waals surface area (Å²) in [4.78, 5) is 23.7. The topological polar surface area (TPSA) is 61.8 Å². The van der Waals surface area contributed by atoms with E-state index in [0.29, 0.717) is 0 Å². The molecule has 0 N–H and O–H groups in total. The highest BCUT2D eigenvalue weighted by Gasteiger charge is 2.29. The van der Waals surface area contributed by atoms with Crippen LogP contribution in [0, 0.1) is 0 Å². The monoisotopic (exact) mass is 388 g/mol. The Labute approximate surface area is 168 Å². The molecule has 0 aromatic heterocycles. The lowest BCUT2D eigenvalue weighted by atomic mass is 9.98. The Kier molecular flexibility index (Phi) is 5.56. The average molecular weight is 388 g/mol. The molecule has 5 heteroatoms. The standard InChI is InChI=1S/C24H20O5/c25-23(27-14-17-8-2-1-3-9-17)16-29-24(26)28-15-22-20-12-6-4-10-18(20)19-11-5-7-13-21(19)22/h1-13,22H,14-16H2. The molecule has 0 fully saturated rings. The molecule has 1 aliphatic carbocycles. The molecular weight excluding hydrogens is 368 g/mol. The molecule has 1 aliphatic rings. The van der Waals surface area contributed by atoms with Gasteiger partial charge in [-0.3, -0.25) is 0 Å². The fourth-order valence-corrected chi connectivity index (χ4v) is 3.53. The second-order valence-corrected chi connectivity index (χ2v) is 6.72. The molecule has 3 aromatic rings. The molecule has 146 valence electrons. The number of benzene rings is 3. The minimum atomic E-state index is -0.886. The van der Waals surface area contributed by atoms with Crippen molar-refractivity contribution in [2.45, 2.75) is 12.5 Å². The number of rotatable bonds is 6. The van der Waals surface area contributed by atoms with Crippen LogP contribution < -0.4 is 0 Å². The number of ether oxygens (including phenoxy) is 3. The van der Waals surface area contributed by atoms with Crippen molar-refractivity contribution in [3.05, 3.63) is 95.6 Å². The van der Waals surface area contributed by atoms with Gasteiger partial charge in [0.1, 0.15) is 13.2 Å². The molecule has 0 aliphatic heterocycles. The smallest absolute Gasteiger partial charge is 0.458 e. The number of hydrogen-bond donors (Lipinski definition) is 0. The van der Waals surface area contributed by atoms with Gasteiger partial charge in [-0.1, -0.05) is 78.9 Å². The largest absolute Gasteiger partial charge is 0.508 e. The van der Waals surface area contributed by atoms with Crippen LogP contribution in [0.5, 0.6) is 0 Å². The lowest BCUT2D eigenvalue weighted by molar-refractivity contribution is -0.149. The first-order chi connectivity index (χ1) is 14.2. The zero-order valence-corrected chi connectivity index (χ0v) is 15.7. The highest BCUT2D eigenvalue weighted by atomic mass is 16.7. The first-order valence-electron chi connectivity index (χ1n) is 9.39. The van der Waals surface area contributed by atoms with Gasteiger partial charge >= 0.3 is 12.1 Å². The lowest BCUT2D eigenvalue weighted by Gasteiger charge is -2.14. The minimum absolute atomic E-state index is 0.0556. The summed E-state index contributed by atoms with van der Waals surface area (Å²) in [7, 11) is 0. The molecule has 0 saturated heterocycles. The van der Waals surface area contributed by atoms with Crippen molar-refractivity contribution >= 4 is 12.1 Å². The molecule has 0 atom stereocenters. The van der Waals surface area contributed by atoms with Gasteiger partial charge < -0.3 is 14.2 Å². The third-order valence-electron chi connectivity index (χ3n) is 4.88. The molecule has 0 amide bonds. The Morgan fingerprint density at radius 3 is 1.93 bits per heavy atom. The number of carbonyl (C=O) groups excluding carboxylic acids is 2. The molecule has 0 saturated carbocycles. The number of fused-ring (bicyclic) bond motifs is 3. The van der Waals surface area contributed by atoms with Gasteiger partial charge in [0.2, 0.25) is 0 Å². The lowest BCUT2D eigenvalue weighted by Crippen LogP contribution is -2.19. The van der Waals surface area contributed by atoms with Gasteiger partial charge in [0.15, 0.2) is 6.61 Å². The van der Waals surface area contributed by atoms with Gasteiger partial charge in [-0.15, -0.1) is 0 Å². The summed E-state index contributed by atoms with van der Waals surface area (Å²) in [6.45, 7) is -0.205. The second kappa shape index (κ2) is 8.61. The maximum Gasteiger partial charge on any atom is 0.508 e. The van der Waals surface area contributed by atoms with Crippen LogP contribution in [0.15, 0.2) is 78.9 Å². The first-order valence-corrected chi connectivity index (χ1v) is 9.39. The maximum absolute atomic E-state index is 12.0. The molecular formula is C24H20O5. The zero-order chi connectivity index (χ0) is 20.1. The van der Waals surface area contributed by atoms with Crippen molar-refractivity contribution in [3.63, 3.8) is 0 Å². The fourth-order valence-electron chi connectivity index (χ4n) is 3.53. The van der Waals surface area contributed by atoms with Crippen LogP contribution in [0.2, 0.25) is 0 Å². The van der Waals surface area contributed by atoms with E-state index in [-0.39, 0.29) is 19.1 Å². The van der Waals surface area contributed by atoms with Gasteiger partial charge in [0, 0.05) is 5.92 Å². The van der Waals surface area contributed by atoms with E-state index in [0.717, 1.165) is 27.8 Å². The molecule has 3 aromatic carbocycles. The number of hydrogen-bond acceptors (Lipinski definition) is 5. The van der Waals surface area contributed by atoms with Gasteiger partial charge in [0.05, 0.1) is 0 Å². The molecule has 0 heterocycles. The molecule has 4 rings (SSSR count). The third kappa shape index (κ3) is 4.29. The Morgan fingerprint density at radius 2 is 1.28 bits per heavy atom. The van der Waals surface area contributed by atoms with E-state index in [4.69, 9.17) is 14.2 Å². The number of carbonyl (C=O) groups is 2. The van der Waals surface area contributed by atoms with E-state index in [1.165, 1.54) is 0 Å². The normalized spacial score (nSPS) is 12.0. The molecule has 0 bridgehead atoms. The number of esters is 1. The summed E-state index contributed by atoms with van der Waals surface area (Å²) >= 11 is 0. The van der Waals surface area contributed by atoms with Gasteiger partial charge in [-0.05, 0) is 27.8 Å². The van der Waals surface area contributed by atoms with Gasteiger partial charge in [-0.25, -0.2) is 9.59 Å². The third-order valence-corrected chi connectivity index (χ3v) is 4.88. The SMILES string of the molecule is O=C(COC(=O)OCC1c2ccccc2-c2ccccc21)OCc1ccccc1. The van der Waals surface area contributed by atoms with Crippen molar-refractivity contribution in [2.24, 2.45) is 0 Å². The summed E-state index contributed by atoms with van der Waals surface area (Å²) in [6.07, 6.45) is -0.886. The van der Waals surface area contributed by atoms with E-state index in [1.807, 2.05) is 66.7 Å². The predicted molar refractivity (Wildman–Crippen MR) is 107 cm³/mol. The molecule has 0 radical (unpaired) electrons. The molecule has 5 nitrogen and oxygen atoms in total. The van der Waals surface area contributed by atoms with Crippen LogP contribution in [0.1, 0.15) is 22.6 Å². The summed E-state index contributed by atoms with van der Waals surface area (Å²) in [6, 6.07) is 25.4. The van der Waals surface area contributed by atoms with Crippen LogP contribution in [0.3, 0.4) is 0 Å². The van der Waals surface area contributed by atoms with Crippen LogP contribution in [-0.4, -0.2) is 25.3 Å². The van der Waals surface area contributed by atoms with Crippen molar-refractivity contribution in [3.8, 4) is 11.1 Å². The quantitative estimate of drug-likeness (QED) is 0.573. The maximum atomic E-state index is 12.0. The van der Waals surface area contributed by atoms with Crippen molar-refractivity contribution in [2.75, 3.05) is 13.2 Å². The molecule has 0 spiro atoms. The summed E-state index contributed by atoms with van der Waals surface area (Å²) in [5.74, 6) is -0.678. The fraction of sp³-hybridized carbons (Fsp3) is 0.167. The van der Waals surface area contributed by atoms with Crippen LogP contribution in [0.25, 0.3) is 11.1 Å². The van der Waals surface area contributed by atoms with E-state index >= 15 is 0 Å². The molecule has 29 heavy (non-hydrogen) atoms. The van der Waals surface area contributed by atoms with Crippen molar-refractivity contribution in [1.29, 1.82) is 0 Å². The highest BCUT2D eigenvalue weighted by Crippen LogP contribution is 2.44. The summed E-state index contributed by atoms with van der Waals surface area (Å²) < 4.78 is 15.3. The van der Waals surface area contributed by atoms with E-state index in [1.54, 1.807) is 0 Å².